The summed E-state index contributed by atoms with van der Waals surface area (Å²) in [5.74, 6) is -6.26. The summed E-state index contributed by atoms with van der Waals surface area (Å²) in [6.07, 6.45) is -12.9. The number of methoxy groups -OCH3 is 2. The Balaban J connectivity index is 1.87. The van der Waals surface area contributed by atoms with Crippen LogP contribution >= 0.6 is 7.82 Å². The van der Waals surface area contributed by atoms with E-state index in [0.717, 1.165) is 10.8 Å². The largest absolute Gasteiger partial charge is 0.477 e. The Morgan fingerprint density at radius 2 is 1.96 bits per heavy atom. The van der Waals surface area contributed by atoms with E-state index in [9.17, 15) is 49.4 Å². The van der Waals surface area contributed by atoms with Gasteiger partial charge in [-0.3, -0.25) is 18.9 Å². The van der Waals surface area contributed by atoms with Crippen molar-refractivity contribution >= 4 is 31.4 Å². The zero-order chi connectivity index (χ0) is 36.1. The standard InChI is InChI=1S/C25H41N6O16P/c1-10(32)16(28-11(2)26)20-17(30-21(36)14(43-4)8-42-3)12(33)7-25(46-20,23(37)38)47-48(40,41)44-9-13-18(34)19(35)22(45-13)31-6-5-15(27)29-24(31)39/h5-6,10,12-14,16-20,22,32-35H,7-9H2,1-4H3,(H2,26,28)(H,30,36)(H,37,38)(H,40,41)(H2,27,29,39)/t10-,12-,13+,14?,16-,17-,18+,19+,20-,22+,25+/m0/s1. The van der Waals surface area contributed by atoms with Gasteiger partial charge in [-0.1, -0.05) is 0 Å². The molecule has 0 radical (unpaired) electrons. The number of nitrogens with zero attached hydrogens (tertiary/aromatic N) is 3. The molecule has 2 fully saturated rings. The van der Waals surface area contributed by atoms with Gasteiger partial charge in [-0.05, 0) is 19.9 Å². The molecule has 22 nitrogen and oxygen atoms in total. The lowest BCUT2D eigenvalue weighted by molar-refractivity contribution is -0.275. The van der Waals surface area contributed by atoms with E-state index in [2.05, 4.69) is 15.3 Å². The third-order valence-corrected chi connectivity index (χ3v) is 8.41. The van der Waals surface area contributed by atoms with Gasteiger partial charge in [-0.15, -0.1) is 0 Å². The van der Waals surface area contributed by atoms with Gasteiger partial charge in [0.1, 0.15) is 36.3 Å². The number of nitrogens with two attached hydrogens (primary N) is 2. The topological polar surface area (TPSA) is 339 Å². The number of ether oxygens (including phenoxy) is 4. The molecular weight excluding hydrogens is 671 g/mol. The average Bonchev–Trinajstić information content (AvgIpc) is 3.27. The van der Waals surface area contributed by atoms with Crippen molar-refractivity contribution in [1.29, 1.82) is 0 Å². The number of amidine groups is 1. The summed E-state index contributed by atoms with van der Waals surface area (Å²) in [5, 5.41) is 55.2. The maximum Gasteiger partial charge on any atom is 0.475 e. The van der Waals surface area contributed by atoms with Crippen LogP contribution in [0.4, 0.5) is 5.82 Å². The number of aliphatic imine (C=N–C) groups is 1. The summed E-state index contributed by atoms with van der Waals surface area (Å²) in [6.45, 7) is 1.36. The number of carbonyl (C=O) groups is 2. The molecule has 272 valence electrons. The Hall–Kier alpha value is -3.12. The number of carboxylic acid groups (broad SMARTS) is 1. The van der Waals surface area contributed by atoms with Crippen LogP contribution in [0.1, 0.15) is 26.5 Å². The van der Waals surface area contributed by atoms with Gasteiger partial charge in [0.25, 0.3) is 11.7 Å². The highest BCUT2D eigenvalue weighted by Gasteiger charge is 2.59. The van der Waals surface area contributed by atoms with Crippen LogP contribution in [0.25, 0.3) is 0 Å². The van der Waals surface area contributed by atoms with Crippen LogP contribution in [0.3, 0.4) is 0 Å². The van der Waals surface area contributed by atoms with Crippen molar-refractivity contribution < 1.29 is 72.6 Å². The van der Waals surface area contributed by atoms with Crippen molar-refractivity contribution in [2.24, 2.45) is 10.7 Å². The van der Waals surface area contributed by atoms with E-state index in [-0.39, 0.29) is 18.3 Å². The van der Waals surface area contributed by atoms with E-state index in [1.807, 2.05) is 0 Å². The third kappa shape index (κ3) is 9.11. The molecule has 23 heteroatoms. The maximum atomic E-state index is 13.1. The number of amides is 1. The second kappa shape index (κ2) is 16.1. The monoisotopic (exact) mass is 712 g/mol. The number of nitrogen functional groups attached to an aromatic ring is 1. The highest BCUT2D eigenvalue weighted by molar-refractivity contribution is 7.47. The van der Waals surface area contributed by atoms with Gasteiger partial charge in [0.2, 0.25) is 0 Å². The van der Waals surface area contributed by atoms with Crippen LogP contribution in [0.2, 0.25) is 0 Å². The molecule has 11 N–H and O–H groups in total. The molecule has 2 aliphatic rings. The number of carboxylic acids is 1. The lowest BCUT2D eigenvalue weighted by Gasteiger charge is -2.46. The number of anilines is 1. The van der Waals surface area contributed by atoms with Crippen LogP contribution in [0.15, 0.2) is 22.1 Å². The first kappa shape index (κ1) is 39.3. The molecule has 12 atom stereocenters. The molecule has 2 aliphatic heterocycles. The number of nitrogens with one attached hydrogen (secondary N) is 1. The van der Waals surface area contributed by atoms with Crippen molar-refractivity contribution in [2.75, 3.05) is 33.2 Å². The molecule has 3 rings (SSSR count). The lowest BCUT2D eigenvalue weighted by Crippen LogP contribution is -2.68. The van der Waals surface area contributed by atoms with Gasteiger partial charge in [0, 0.05) is 26.8 Å². The van der Waals surface area contributed by atoms with Gasteiger partial charge in [-0.25, -0.2) is 18.7 Å². The normalized spacial score (nSPS) is 32.6. The summed E-state index contributed by atoms with van der Waals surface area (Å²) in [5.41, 5.74) is 10.2. The van der Waals surface area contributed by atoms with Gasteiger partial charge < -0.3 is 66.2 Å². The lowest BCUT2D eigenvalue weighted by atomic mass is 9.87. The third-order valence-electron chi connectivity index (χ3n) is 7.41. The predicted molar refractivity (Wildman–Crippen MR) is 159 cm³/mol. The zero-order valence-corrected chi connectivity index (χ0v) is 27.2. The van der Waals surface area contributed by atoms with E-state index in [1.165, 1.54) is 34.1 Å². The molecular formula is C25H41N6O16P. The Morgan fingerprint density at radius 3 is 2.50 bits per heavy atom. The summed E-state index contributed by atoms with van der Waals surface area (Å²) < 4.78 is 45.0. The summed E-state index contributed by atoms with van der Waals surface area (Å²) in [4.78, 5) is 55.9. The average molecular weight is 713 g/mol. The van der Waals surface area contributed by atoms with Crippen LogP contribution < -0.4 is 22.5 Å². The number of phosphoric ester groups is 1. The van der Waals surface area contributed by atoms with Gasteiger partial charge in [-0.2, -0.15) is 4.98 Å². The van der Waals surface area contributed by atoms with Gasteiger partial charge >= 0.3 is 19.5 Å². The molecule has 1 aromatic heterocycles. The number of phosphoric acid groups is 1. The Kier molecular flexibility index (Phi) is 13.2. The number of aliphatic hydroxyl groups is 4. The molecule has 1 aromatic rings. The number of carbonyl (C=O) groups excluding carboxylic acids is 1. The van der Waals surface area contributed by atoms with Crippen molar-refractivity contribution in [3.05, 3.63) is 22.7 Å². The first-order valence-electron chi connectivity index (χ1n) is 14.3. The number of rotatable bonds is 15. The van der Waals surface area contributed by atoms with E-state index in [4.69, 9.17) is 39.5 Å². The van der Waals surface area contributed by atoms with Crippen LogP contribution in [0.5, 0.6) is 0 Å². The number of aliphatic hydroxyl groups excluding tert-OH is 4. The first-order chi connectivity index (χ1) is 22.4. The first-order valence-corrected chi connectivity index (χ1v) is 15.8. The van der Waals surface area contributed by atoms with Crippen molar-refractivity contribution in [3.8, 4) is 0 Å². The summed E-state index contributed by atoms with van der Waals surface area (Å²) in [6, 6.07) is -1.78. The van der Waals surface area contributed by atoms with E-state index in [0.29, 0.717) is 0 Å². The van der Waals surface area contributed by atoms with Crippen LogP contribution in [0, 0.1) is 0 Å². The predicted octanol–water partition coefficient (Wildman–Crippen LogP) is -4.22. The SMILES string of the molecule is COCC(OC)C(=O)N[C@@H]1[C@H]([C@@H](N=C(C)N)[C@H](C)O)O[C@](OP(=O)(O)OC[C@H]2O[C@@H](n3ccc(N)nc3=O)[C@H](O)[C@@H]2O)(C(=O)O)C[C@@H]1O. The smallest absolute Gasteiger partial charge is 0.475 e. The summed E-state index contributed by atoms with van der Waals surface area (Å²) >= 11 is 0. The molecule has 1 amide bonds. The second-order valence-corrected chi connectivity index (χ2v) is 12.4. The minimum absolute atomic E-state index is 0.116. The maximum absolute atomic E-state index is 13.1. The Morgan fingerprint density at radius 1 is 1.29 bits per heavy atom. The fraction of sp³-hybridized carbons (Fsp3) is 0.720. The molecule has 2 unspecified atom stereocenters. The van der Waals surface area contributed by atoms with E-state index >= 15 is 0 Å². The fourth-order valence-corrected chi connectivity index (χ4v) is 6.06. The molecule has 48 heavy (non-hydrogen) atoms. The number of aliphatic carboxylic acids is 1. The van der Waals surface area contributed by atoms with Crippen LogP contribution in [-0.4, -0.2) is 146 Å². The Labute approximate surface area is 272 Å². The zero-order valence-electron chi connectivity index (χ0n) is 26.3. The number of aromatic nitrogens is 2. The van der Waals surface area contributed by atoms with Gasteiger partial charge in [0.05, 0.1) is 37.3 Å². The van der Waals surface area contributed by atoms with Crippen LogP contribution in [-0.2, 0) is 42.1 Å². The van der Waals surface area contributed by atoms with Crippen molar-refractivity contribution in [1.82, 2.24) is 14.9 Å². The number of hydrogen-bond donors (Lipinski definition) is 9. The second-order valence-electron chi connectivity index (χ2n) is 11.1. The highest BCUT2D eigenvalue weighted by atomic mass is 31.2. The van der Waals surface area contributed by atoms with E-state index in [1.54, 1.807) is 0 Å². The highest BCUT2D eigenvalue weighted by Crippen LogP contribution is 2.51. The molecule has 0 spiro atoms. The molecule has 3 heterocycles. The summed E-state index contributed by atoms with van der Waals surface area (Å²) in [7, 11) is -3.02. The van der Waals surface area contributed by atoms with E-state index < -0.39 is 105 Å². The Bertz CT molecular complexity index is 1430. The molecule has 0 bridgehead atoms. The molecule has 0 saturated carbocycles. The molecule has 2 saturated heterocycles. The fourth-order valence-electron chi connectivity index (χ4n) is 5.11. The minimum Gasteiger partial charge on any atom is -0.477 e. The van der Waals surface area contributed by atoms with Gasteiger partial charge in [0.15, 0.2) is 12.3 Å². The quantitative estimate of drug-likeness (QED) is 0.0472. The molecule has 0 aliphatic carbocycles. The van der Waals surface area contributed by atoms with Crippen molar-refractivity contribution in [2.45, 2.75) is 87.1 Å². The number of hydrogen-bond acceptors (Lipinski definition) is 17. The molecule has 0 aromatic carbocycles. The minimum atomic E-state index is -5.53. The van der Waals surface area contributed by atoms with Crippen molar-refractivity contribution in [3.63, 3.8) is 0 Å².